The fraction of sp³-hybridized carbons (Fsp3) is 0.939. The van der Waals surface area contributed by atoms with Gasteiger partial charge in [-0.05, 0) is 98.4 Å². The van der Waals surface area contributed by atoms with E-state index in [2.05, 4.69) is 48.5 Å². The molecule has 15 heteroatoms. The summed E-state index contributed by atoms with van der Waals surface area (Å²) in [5, 5.41) is 0. The molecule has 0 N–H and O–H groups in total. The van der Waals surface area contributed by atoms with Crippen molar-refractivity contribution in [3.63, 3.8) is 0 Å². The van der Waals surface area contributed by atoms with Crippen LogP contribution in [0.1, 0.15) is 121 Å². The molecular formula is C49H84O15. The Kier molecular flexibility index (Phi) is 16.7. The molecule has 6 aliphatic rings. The quantitative estimate of drug-likeness (QED) is 0.0628. The Labute approximate surface area is 383 Å². The minimum Gasteiger partial charge on any atom is -0.488 e. The van der Waals surface area contributed by atoms with Crippen molar-refractivity contribution in [1.82, 2.24) is 0 Å². The molecule has 0 radical (unpaired) electrons. The zero-order valence-electron chi connectivity index (χ0n) is 41.9. The third kappa shape index (κ3) is 8.98. The van der Waals surface area contributed by atoms with Gasteiger partial charge in [-0.1, -0.05) is 55.4 Å². The minimum absolute atomic E-state index is 0.0156. The maximum atomic E-state index is 13.0. The van der Waals surface area contributed by atoms with Crippen molar-refractivity contribution in [2.45, 2.75) is 175 Å². The Bertz CT molecular complexity index is 1590. The Morgan fingerprint density at radius 3 is 1.98 bits per heavy atom. The van der Waals surface area contributed by atoms with Crippen LogP contribution in [0.25, 0.3) is 0 Å². The molecule has 6 rings (SSSR count). The summed E-state index contributed by atoms with van der Waals surface area (Å²) in [6.07, 6.45) is 3.01. The van der Waals surface area contributed by atoms with E-state index in [0.717, 1.165) is 44.3 Å². The smallest absolute Gasteiger partial charge is 0.306 e. The molecule has 0 aromatic carbocycles. The van der Waals surface area contributed by atoms with Gasteiger partial charge < -0.3 is 66.3 Å². The molecule has 0 bridgehead atoms. The summed E-state index contributed by atoms with van der Waals surface area (Å²) < 4.78 is 85.5. The Balaban J connectivity index is 1.30. The second-order valence-corrected chi connectivity index (χ2v) is 21.4. The highest BCUT2D eigenvalue weighted by molar-refractivity contribution is 5.69. The lowest BCUT2D eigenvalue weighted by atomic mass is 9.32. The van der Waals surface area contributed by atoms with Crippen LogP contribution in [0.2, 0.25) is 0 Å². The summed E-state index contributed by atoms with van der Waals surface area (Å²) >= 11 is 0. The molecule has 1 saturated heterocycles. The van der Waals surface area contributed by atoms with E-state index in [9.17, 15) is 4.79 Å². The maximum absolute atomic E-state index is 13.0. The highest BCUT2D eigenvalue weighted by Crippen LogP contribution is 2.79. The molecule has 0 aromatic heterocycles. The normalized spacial score (nSPS) is 41.0. The summed E-state index contributed by atoms with van der Waals surface area (Å²) in [5.74, 6) is 1.41. The number of esters is 1. The number of methoxy groups -OCH3 is 5. The number of allylic oxidation sites excluding steroid dienone is 1. The third-order valence-electron chi connectivity index (χ3n) is 17.6. The van der Waals surface area contributed by atoms with Crippen LogP contribution in [-0.2, 0) is 71.1 Å². The molecule has 3 saturated carbocycles. The van der Waals surface area contributed by atoms with Crippen molar-refractivity contribution in [1.29, 1.82) is 0 Å². The number of hydrogen-bond acceptors (Lipinski definition) is 15. The predicted octanol–water partition coefficient (Wildman–Crippen LogP) is 7.76. The fourth-order valence-corrected chi connectivity index (χ4v) is 14.2. The number of carbonyl (C=O) groups excluding carboxylic acids is 1. The summed E-state index contributed by atoms with van der Waals surface area (Å²) in [4.78, 5) is 13.0. The van der Waals surface area contributed by atoms with Crippen LogP contribution in [0.5, 0.6) is 0 Å². The molecule has 0 spiro atoms. The zero-order valence-corrected chi connectivity index (χ0v) is 41.9. The molecule has 0 amide bonds. The van der Waals surface area contributed by atoms with Crippen LogP contribution in [0.3, 0.4) is 0 Å². The lowest BCUT2D eigenvalue weighted by Gasteiger charge is -2.72. The van der Waals surface area contributed by atoms with Gasteiger partial charge in [0.25, 0.3) is 0 Å². The first-order valence-corrected chi connectivity index (χ1v) is 23.7. The number of hydrogen-bond donors (Lipinski definition) is 0. The summed E-state index contributed by atoms with van der Waals surface area (Å²) in [7, 11) is 8.04. The van der Waals surface area contributed by atoms with Crippen LogP contribution in [0.4, 0.5) is 0 Å². The number of fused-ring (bicyclic) bond motifs is 6. The van der Waals surface area contributed by atoms with Gasteiger partial charge in [0.05, 0.1) is 12.7 Å². The van der Waals surface area contributed by atoms with Gasteiger partial charge in [0.1, 0.15) is 75.8 Å². The average molecular weight is 913 g/mol. The van der Waals surface area contributed by atoms with Gasteiger partial charge in [-0.25, -0.2) is 0 Å². The molecule has 15 atom stereocenters. The van der Waals surface area contributed by atoms with Gasteiger partial charge in [0.15, 0.2) is 12.4 Å². The zero-order chi connectivity index (χ0) is 46.9. The summed E-state index contributed by atoms with van der Waals surface area (Å²) in [6, 6.07) is 0. The predicted molar refractivity (Wildman–Crippen MR) is 235 cm³/mol. The first-order chi connectivity index (χ1) is 30.3. The first-order valence-electron chi connectivity index (χ1n) is 23.7. The van der Waals surface area contributed by atoms with Gasteiger partial charge in [-0.3, -0.25) is 4.79 Å². The first kappa shape index (κ1) is 51.9. The van der Waals surface area contributed by atoms with E-state index in [0.29, 0.717) is 18.3 Å². The van der Waals surface area contributed by atoms with Crippen LogP contribution < -0.4 is 0 Å². The van der Waals surface area contributed by atoms with E-state index in [1.807, 2.05) is 20.8 Å². The van der Waals surface area contributed by atoms with E-state index >= 15 is 0 Å². The van der Waals surface area contributed by atoms with E-state index in [1.54, 1.807) is 35.5 Å². The van der Waals surface area contributed by atoms with E-state index in [-0.39, 0.29) is 98.2 Å². The molecule has 0 aromatic rings. The summed E-state index contributed by atoms with van der Waals surface area (Å²) in [5.41, 5.74) is -0.327. The van der Waals surface area contributed by atoms with Crippen LogP contribution in [0, 0.1) is 44.8 Å². The van der Waals surface area contributed by atoms with E-state index < -0.39 is 42.4 Å². The highest BCUT2D eigenvalue weighted by Gasteiger charge is 2.75. The lowest BCUT2D eigenvalue weighted by Crippen LogP contribution is -2.68. The molecule has 15 nitrogen and oxygen atoms in total. The molecule has 370 valence electrons. The fourth-order valence-electron chi connectivity index (χ4n) is 14.2. The summed E-state index contributed by atoms with van der Waals surface area (Å²) in [6.45, 7) is 23.5. The van der Waals surface area contributed by atoms with Crippen molar-refractivity contribution in [3.05, 3.63) is 11.3 Å². The molecule has 2 heterocycles. The van der Waals surface area contributed by atoms with Crippen LogP contribution in [0.15, 0.2) is 11.3 Å². The maximum Gasteiger partial charge on any atom is 0.306 e. The molecule has 4 aliphatic carbocycles. The van der Waals surface area contributed by atoms with E-state index in [4.69, 9.17) is 66.3 Å². The lowest BCUT2D eigenvalue weighted by molar-refractivity contribution is -0.341. The monoisotopic (exact) mass is 913 g/mol. The van der Waals surface area contributed by atoms with Crippen molar-refractivity contribution >= 4 is 5.97 Å². The van der Waals surface area contributed by atoms with Gasteiger partial charge in [0.2, 0.25) is 0 Å². The van der Waals surface area contributed by atoms with Crippen molar-refractivity contribution in [2.75, 3.05) is 76.1 Å². The second kappa shape index (κ2) is 20.6. The molecular weight excluding hydrogens is 829 g/mol. The van der Waals surface area contributed by atoms with Gasteiger partial charge in [-0.15, -0.1) is 0 Å². The van der Waals surface area contributed by atoms with Crippen molar-refractivity contribution in [2.24, 2.45) is 44.8 Å². The second-order valence-electron chi connectivity index (χ2n) is 21.4. The van der Waals surface area contributed by atoms with Crippen molar-refractivity contribution in [3.8, 4) is 0 Å². The van der Waals surface area contributed by atoms with E-state index in [1.165, 1.54) is 5.57 Å². The van der Waals surface area contributed by atoms with Gasteiger partial charge in [-0.2, -0.15) is 0 Å². The molecule has 2 aliphatic heterocycles. The molecule has 0 unspecified atom stereocenters. The number of carbonyl (C=O) groups is 1. The Morgan fingerprint density at radius 2 is 1.34 bits per heavy atom. The highest BCUT2D eigenvalue weighted by atomic mass is 16.8. The standard InChI is InChI=1S/C49H84O15/c1-16-36(50)64-41(45(5,6)61-29-55-15)31-23-30(2)37-39(62-31)42(60-28-54-14)49(10)34-18-17-33-44(3,4)35(19-20-46(33,7)47(34,8)21-22-48(37,49)9)63-43-40(59-27-53-13)38(58-26-52-12)32(24-56-43)57-25-51-11/h30-35,38,40-43H,16-29H2,1-15H3/t30-,31-,32-,33+,34-,35+,38+,40-,41+,42+,43+,46+,47-,48-,49-/m1/s1. The minimum atomic E-state index is -0.881. The number of rotatable bonds is 21. The van der Waals surface area contributed by atoms with Gasteiger partial charge in [0, 0.05) is 52.8 Å². The number of ether oxygens (including phenoxy) is 14. The van der Waals surface area contributed by atoms with Crippen LogP contribution in [-0.4, -0.2) is 137 Å². The van der Waals surface area contributed by atoms with Gasteiger partial charge >= 0.3 is 5.97 Å². The average Bonchev–Trinajstić information content (AvgIpc) is 3.45. The van der Waals surface area contributed by atoms with Crippen LogP contribution >= 0.6 is 0 Å². The molecule has 64 heavy (non-hydrogen) atoms. The SMILES string of the molecule is CCC(=O)O[C@@H]([C@H]1C[C@@H](C)C2=C(O1)[C@H](OCOC)[C@@]1(C)[C@@H]3CC[C@H]4C(C)(C)[C@@H](O[C@@H]5OC[C@@H](OCOC)[C@H](OCOC)[C@H]5OCOC)CC[C@]4(C)[C@]3(C)CC[C@]21C)C(C)(C)OCOC. The Morgan fingerprint density at radius 1 is 0.750 bits per heavy atom. The molecule has 4 fully saturated rings. The Hall–Kier alpha value is -1.47. The largest absolute Gasteiger partial charge is 0.488 e. The topological polar surface area (TPSA) is 146 Å². The third-order valence-corrected chi connectivity index (χ3v) is 17.6. The van der Waals surface area contributed by atoms with Crippen molar-refractivity contribution < 1.29 is 71.1 Å².